The lowest BCUT2D eigenvalue weighted by Crippen LogP contribution is -2.50. The number of halogens is 1. The monoisotopic (exact) mass is 353 g/mol. The summed E-state index contributed by atoms with van der Waals surface area (Å²) in [5.41, 5.74) is 7.26. The predicted molar refractivity (Wildman–Crippen MR) is 85.9 cm³/mol. The van der Waals surface area contributed by atoms with Crippen LogP contribution in [0.25, 0.3) is 0 Å². The minimum atomic E-state index is -0.348. The molecule has 3 N–H and O–H groups in total. The quantitative estimate of drug-likeness (QED) is 0.869. The Bertz CT molecular complexity index is 548. The van der Waals surface area contributed by atoms with Crippen molar-refractivity contribution in [2.45, 2.75) is 32.2 Å². The summed E-state index contributed by atoms with van der Waals surface area (Å²) >= 11 is 3.43. The minimum Gasteiger partial charge on any atom is -0.368 e. The molecule has 2 rings (SSSR count). The number of likely N-dealkylation sites (tertiary alicyclic amines) is 1. The van der Waals surface area contributed by atoms with Crippen molar-refractivity contribution in [3.8, 4) is 0 Å². The van der Waals surface area contributed by atoms with Gasteiger partial charge in [0, 0.05) is 4.47 Å². The van der Waals surface area contributed by atoms with E-state index >= 15 is 0 Å². The number of rotatable bonds is 4. The number of aryl methyl sites for hydroxylation is 1. The Morgan fingerprint density at radius 3 is 2.86 bits per heavy atom. The van der Waals surface area contributed by atoms with Crippen molar-refractivity contribution in [3.05, 3.63) is 28.2 Å². The molecule has 1 atom stereocenters. The number of nitrogens with zero attached hydrogens (tertiary/aromatic N) is 1. The number of carbonyl (C=O) groups is 2. The molecule has 1 fully saturated rings. The summed E-state index contributed by atoms with van der Waals surface area (Å²) in [7, 11) is 0. The van der Waals surface area contributed by atoms with Crippen LogP contribution >= 0.6 is 15.9 Å². The first-order valence-electron chi connectivity index (χ1n) is 7.07. The van der Waals surface area contributed by atoms with Crippen molar-refractivity contribution in [3.63, 3.8) is 0 Å². The SMILES string of the molecule is Cc1ccc(NC(=O)CN2CCCCC2C(N)=O)c(Br)c1. The lowest BCUT2D eigenvalue weighted by Gasteiger charge is -2.32. The van der Waals surface area contributed by atoms with E-state index in [0.717, 1.165) is 41.5 Å². The lowest BCUT2D eigenvalue weighted by atomic mass is 10.0. The molecule has 1 aromatic rings. The number of amides is 2. The van der Waals surface area contributed by atoms with Crippen LogP contribution in [0.2, 0.25) is 0 Å². The van der Waals surface area contributed by atoms with Crippen molar-refractivity contribution < 1.29 is 9.59 Å². The van der Waals surface area contributed by atoms with Gasteiger partial charge >= 0.3 is 0 Å². The molecule has 0 radical (unpaired) electrons. The van der Waals surface area contributed by atoms with E-state index < -0.39 is 0 Å². The highest BCUT2D eigenvalue weighted by atomic mass is 79.9. The van der Waals surface area contributed by atoms with Gasteiger partial charge in [-0.05, 0) is 59.9 Å². The summed E-state index contributed by atoms with van der Waals surface area (Å²) in [5, 5.41) is 2.86. The summed E-state index contributed by atoms with van der Waals surface area (Å²) in [4.78, 5) is 25.5. The van der Waals surface area contributed by atoms with Crippen LogP contribution < -0.4 is 11.1 Å². The van der Waals surface area contributed by atoms with Gasteiger partial charge in [-0.2, -0.15) is 0 Å². The van der Waals surface area contributed by atoms with E-state index in [0.29, 0.717) is 0 Å². The molecule has 0 bridgehead atoms. The second kappa shape index (κ2) is 7.04. The van der Waals surface area contributed by atoms with Crippen LogP contribution in [0, 0.1) is 6.92 Å². The summed E-state index contributed by atoms with van der Waals surface area (Å²) in [6, 6.07) is 5.42. The Balaban J connectivity index is 1.98. The van der Waals surface area contributed by atoms with E-state index in [9.17, 15) is 9.59 Å². The molecule has 0 aliphatic carbocycles. The molecular weight excluding hydrogens is 334 g/mol. The van der Waals surface area contributed by atoms with Crippen molar-refractivity contribution in [1.29, 1.82) is 0 Å². The van der Waals surface area contributed by atoms with Gasteiger partial charge in [0.05, 0.1) is 18.3 Å². The molecule has 0 aromatic heterocycles. The number of nitrogens with one attached hydrogen (secondary N) is 1. The van der Waals surface area contributed by atoms with Gasteiger partial charge in [0.2, 0.25) is 11.8 Å². The molecule has 1 unspecified atom stereocenters. The fraction of sp³-hybridized carbons (Fsp3) is 0.467. The average molecular weight is 354 g/mol. The van der Waals surface area contributed by atoms with Gasteiger partial charge in [0.25, 0.3) is 0 Å². The van der Waals surface area contributed by atoms with Crippen molar-refractivity contribution in [2.24, 2.45) is 5.73 Å². The summed E-state index contributed by atoms with van der Waals surface area (Å²) in [6.07, 6.45) is 2.71. The van der Waals surface area contributed by atoms with E-state index in [-0.39, 0.29) is 24.4 Å². The molecule has 0 spiro atoms. The number of benzene rings is 1. The van der Waals surface area contributed by atoms with E-state index in [1.54, 1.807) is 0 Å². The molecule has 1 heterocycles. The summed E-state index contributed by atoms with van der Waals surface area (Å²) in [6.45, 7) is 2.91. The summed E-state index contributed by atoms with van der Waals surface area (Å²) in [5.74, 6) is -0.480. The normalized spacial score (nSPS) is 19.2. The molecule has 5 nitrogen and oxygen atoms in total. The number of hydrogen-bond donors (Lipinski definition) is 2. The Morgan fingerprint density at radius 1 is 1.43 bits per heavy atom. The average Bonchev–Trinajstić information content (AvgIpc) is 2.42. The molecule has 0 saturated carbocycles. The first-order chi connectivity index (χ1) is 9.97. The molecule has 1 aromatic carbocycles. The number of primary amides is 1. The number of anilines is 1. The highest BCUT2D eigenvalue weighted by Crippen LogP contribution is 2.23. The van der Waals surface area contributed by atoms with Gasteiger partial charge in [-0.1, -0.05) is 12.5 Å². The topological polar surface area (TPSA) is 75.4 Å². The van der Waals surface area contributed by atoms with Crippen LogP contribution in [0.4, 0.5) is 5.69 Å². The molecule has 1 aliphatic rings. The zero-order valence-corrected chi connectivity index (χ0v) is 13.6. The third-order valence-electron chi connectivity index (χ3n) is 3.69. The zero-order chi connectivity index (χ0) is 15.4. The second-order valence-corrected chi connectivity index (χ2v) is 6.27. The first-order valence-corrected chi connectivity index (χ1v) is 7.86. The molecule has 2 amide bonds. The number of hydrogen-bond acceptors (Lipinski definition) is 3. The van der Waals surface area contributed by atoms with Gasteiger partial charge in [0.1, 0.15) is 0 Å². The fourth-order valence-electron chi connectivity index (χ4n) is 2.60. The van der Waals surface area contributed by atoms with Gasteiger partial charge in [0.15, 0.2) is 0 Å². The van der Waals surface area contributed by atoms with E-state index in [2.05, 4.69) is 21.2 Å². The molecule has 6 heteroatoms. The van der Waals surface area contributed by atoms with Gasteiger partial charge in [-0.25, -0.2) is 0 Å². The minimum absolute atomic E-state index is 0.132. The van der Waals surface area contributed by atoms with Crippen LogP contribution in [0.5, 0.6) is 0 Å². The van der Waals surface area contributed by atoms with E-state index in [1.165, 1.54) is 0 Å². The number of nitrogens with two attached hydrogens (primary N) is 1. The third kappa shape index (κ3) is 4.28. The van der Waals surface area contributed by atoms with Gasteiger partial charge < -0.3 is 11.1 Å². The third-order valence-corrected chi connectivity index (χ3v) is 4.34. The Labute approximate surface area is 133 Å². The van der Waals surface area contributed by atoms with Crippen molar-refractivity contribution >= 4 is 33.4 Å². The molecule has 1 aliphatic heterocycles. The standard InChI is InChI=1S/C15H20BrN3O2/c1-10-5-6-12(11(16)8-10)18-14(20)9-19-7-3-2-4-13(19)15(17)21/h5-6,8,13H,2-4,7,9H2,1H3,(H2,17,21)(H,18,20). The molecule has 1 saturated heterocycles. The smallest absolute Gasteiger partial charge is 0.238 e. The van der Waals surface area contributed by atoms with Crippen LogP contribution in [-0.2, 0) is 9.59 Å². The Kier molecular flexibility index (Phi) is 5.36. The highest BCUT2D eigenvalue weighted by molar-refractivity contribution is 9.10. The summed E-state index contributed by atoms with van der Waals surface area (Å²) < 4.78 is 0.848. The molecular formula is C15H20BrN3O2. The van der Waals surface area contributed by atoms with Crippen LogP contribution in [-0.4, -0.2) is 35.8 Å². The van der Waals surface area contributed by atoms with Crippen LogP contribution in [0.3, 0.4) is 0 Å². The number of carbonyl (C=O) groups excluding carboxylic acids is 2. The molecule has 114 valence electrons. The second-order valence-electron chi connectivity index (χ2n) is 5.42. The fourth-order valence-corrected chi connectivity index (χ4v) is 3.19. The zero-order valence-electron chi connectivity index (χ0n) is 12.1. The van der Waals surface area contributed by atoms with Crippen molar-refractivity contribution in [1.82, 2.24) is 4.90 Å². The Hall–Kier alpha value is -1.40. The first kappa shape index (κ1) is 16.0. The van der Waals surface area contributed by atoms with Crippen LogP contribution in [0.1, 0.15) is 24.8 Å². The predicted octanol–water partition coefficient (Wildman–Crippen LogP) is 2.04. The van der Waals surface area contributed by atoms with Gasteiger partial charge in [-0.15, -0.1) is 0 Å². The van der Waals surface area contributed by atoms with Gasteiger partial charge in [-0.3, -0.25) is 14.5 Å². The largest absolute Gasteiger partial charge is 0.368 e. The molecule has 21 heavy (non-hydrogen) atoms. The maximum atomic E-state index is 12.2. The highest BCUT2D eigenvalue weighted by Gasteiger charge is 2.28. The number of piperidine rings is 1. The Morgan fingerprint density at radius 2 is 2.19 bits per heavy atom. The lowest BCUT2D eigenvalue weighted by molar-refractivity contribution is -0.126. The van der Waals surface area contributed by atoms with Crippen LogP contribution in [0.15, 0.2) is 22.7 Å². The maximum Gasteiger partial charge on any atom is 0.238 e. The van der Waals surface area contributed by atoms with Crippen molar-refractivity contribution in [2.75, 3.05) is 18.4 Å². The van der Waals surface area contributed by atoms with E-state index in [4.69, 9.17) is 5.73 Å². The maximum absolute atomic E-state index is 12.2. The van der Waals surface area contributed by atoms with E-state index in [1.807, 2.05) is 30.0 Å².